The highest BCUT2D eigenvalue weighted by Crippen LogP contribution is 2.36. The Morgan fingerprint density at radius 2 is 1.16 bits per heavy atom. The van der Waals surface area contributed by atoms with Gasteiger partial charge in [0.25, 0.3) is 0 Å². The number of H-pyrrole nitrogens is 2. The Labute approximate surface area is 223 Å². The van der Waals surface area contributed by atoms with Gasteiger partial charge >= 0.3 is 5.97 Å². The van der Waals surface area contributed by atoms with E-state index in [0.29, 0.717) is 6.42 Å². The summed E-state index contributed by atoms with van der Waals surface area (Å²) in [4.78, 5) is 28.8. The van der Waals surface area contributed by atoms with E-state index in [1.54, 1.807) is 0 Å². The first-order chi connectivity index (χ1) is 18.1. The molecule has 0 saturated heterocycles. The molecule has 3 aromatic rings. The van der Waals surface area contributed by atoms with E-state index in [-0.39, 0.29) is 6.42 Å². The molecule has 3 N–H and O–H groups in total. The van der Waals surface area contributed by atoms with Gasteiger partial charge in [0.2, 0.25) is 0 Å². The Morgan fingerprint density at radius 3 is 1.74 bits per heavy atom. The molecule has 0 saturated carbocycles. The number of aryl methyl sites for hydroxylation is 4. The summed E-state index contributed by atoms with van der Waals surface area (Å²) in [5, 5.41) is 9.40. The number of allylic oxidation sites excluding steroid dienone is 4. The zero-order valence-electron chi connectivity index (χ0n) is 23.4. The fourth-order valence-corrected chi connectivity index (χ4v) is 5.75. The Bertz CT molecular complexity index is 1710. The van der Waals surface area contributed by atoms with Crippen molar-refractivity contribution < 1.29 is 9.90 Å². The highest BCUT2D eigenvalue weighted by molar-refractivity contribution is 5.95. The summed E-state index contributed by atoms with van der Waals surface area (Å²) >= 11 is 0. The number of hydrogen-bond donors (Lipinski definition) is 3. The molecule has 38 heavy (non-hydrogen) atoms. The lowest BCUT2D eigenvalue weighted by atomic mass is 10.00. The molecular formula is C32H36N4O2. The van der Waals surface area contributed by atoms with Crippen LogP contribution in [0.25, 0.3) is 44.4 Å². The van der Waals surface area contributed by atoms with Gasteiger partial charge in [0.05, 0.1) is 22.8 Å². The minimum atomic E-state index is -0.809. The van der Waals surface area contributed by atoms with Gasteiger partial charge in [-0.15, -0.1) is 0 Å². The predicted octanol–water partition coefficient (Wildman–Crippen LogP) is 7.80. The number of aromatic amines is 2. The van der Waals surface area contributed by atoms with Gasteiger partial charge in [0, 0.05) is 28.5 Å². The first-order valence-corrected chi connectivity index (χ1v) is 13.5. The van der Waals surface area contributed by atoms with Crippen molar-refractivity contribution in [2.45, 2.75) is 74.1 Å². The molecule has 8 bridgehead atoms. The highest BCUT2D eigenvalue weighted by Gasteiger charge is 2.21. The minimum Gasteiger partial charge on any atom is -0.481 e. The maximum absolute atomic E-state index is 11.4. The van der Waals surface area contributed by atoms with E-state index in [2.05, 4.69) is 69.7 Å². The number of aliphatic carboxylic acids is 1. The summed E-state index contributed by atoms with van der Waals surface area (Å²) in [6.45, 7) is 15.0. The van der Waals surface area contributed by atoms with Crippen LogP contribution in [0.4, 0.5) is 0 Å². The Morgan fingerprint density at radius 1 is 0.684 bits per heavy atom. The third-order valence-electron chi connectivity index (χ3n) is 8.28. The average molecular weight is 509 g/mol. The van der Waals surface area contributed by atoms with Crippen LogP contribution < -0.4 is 0 Å². The molecule has 196 valence electrons. The van der Waals surface area contributed by atoms with E-state index in [0.717, 1.165) is 80.0 Å². The molecule has 6 heteroatoms. The van der Waals surface area contributed by atoms with E-state index >= 15 is 0 Å². The second kappa shape index (κ2) is 9.75. The molecule has 5 rings (SSSR count). The van der Waals surface area contributed by atoms with Crippen molar-refractivity contribution in [2.24, 2.45) is 0 Å². The largest absolute Gasteiger partial charge is 0.481 e. The molecule has 0 unspecified atom stereocenters. The predicted molar refractivity (Wildman–Crippen MR) is 157 cm³/mol. The molecule has 3 aromatic heterocycles. The first kappa shape index (κ1) is 25.7. The Kier molecular flexibility index (Phi) is 6.59. The number of fused-ring (bicyclic) bond motifs is 8. The number of carboxylic acids is 1. The highest BCUT2D eigenvalue weighted by atomic mass is 16.4. The number of hydrogen-bond acceptors (Lipinski definition) is 3. The summed E-state index contributed by atoms with van der Waals surface area (Å²) in [7, 11) is 0. The SMILES string of the molecule is CCc1c(C)c2cc3[nH]c(cc4nc(cc5nc(cc1[nH]2)C(C)=C5C)C(CCC(=O)O)=C4C)c(C)c3CC. The fourth-order valence-electron chi connectivity index (χ4n) is 5.75. The van der Waals surface area contributed by atoms with Gasteiger partial charge in [-0.05, 0) is 123 Å². The van der Waals surface area contributed by atoms with E-state index in [4.69, 9.17) is 9.97 Å². The maximum atomic E-state index is 11.4. The van der Waals surface area contributed by atoms with E-state index in [9.17, 15) is 9.90 Å². The summed E-state index contributed by atoms with van der Waals surface area (Å²) < 4.78 is 0. The minimum absolute atomic E-state index is 0.0625. The zero-order chi connectivity index (χ0) is 27.3. The van der Waals surface area contributed by atoms with Crippen molar-refractivity contribution in [3.63, 3.8) is 0 Å². The molecule has 2 aliphatic heterocycles. The molecule has 0 spiro atoms. The number of carbonyl (C=O) groups is 1. The third-order valence-corrected chi connectivity index (χ3v) is 8.28. The standard InChI is InChI=1S/C32H36N4O2/c1-8-21-18(5)26-12-27-20(7)23(10-11-32(37)38)31(36-27)14-25-17(4)16(3)24(33-25)13-29-22(9-2)19(6)28(35-29)15-30(21)34-26/h12-15,34-35H,8-11H2,1-7H3,(H,37,38). The fraction of sp³-hybridized carbons (Fsp3) is 0.344. The molecular weight excluding hydrogens is 472 g/mol. The van der Waals surface area contributed by atoms with Crippen LogP contribution in [0.1, 0.15) is 92.5 Å². The summed E-state index contributed by atoms with van der Waals surface area (Å²) in [5.41, 5.74) is 17.1. The molecule has 0 atom stereocenters. The molecule has 6 nitrogen and oxygen atoms in total. The molecule has 0 radical (unpaired) electrons. The van der Waals surface area contributed by atoms with E-state index in [1.807, 2.05) is 13.0 Å². The maximum Gasteiger partial charge on any atom is 0.303 e. The molecule has 5 heterocycles. The van der Waals surface area contributed by atoms with E-state index < -0.39 is 5.97 Å². The summed E-state index contributed by atoms with van der Waals surface area (Å²) in [5.74, 6) is -0.809. The van der Waals surface area contributed by atoms with Gasteiger partial charge < -0.3 is 15.1 Å². The molecule has 0 amide bonds. The van der Waals surface area contributed by atoms with Crippen LogP contribution in [-0.2, 0) is 17.6 Å². The number of aromatic nitrogens is 4. The Hall–Kier alpha value is -3.93. The number of carboxylic acid groups (broad SMARTS) is 1. The van der Waals surface area contributed by atoms with Crippen molar-refractivity contribution in [3.8, 4) is 0 Å². The van der Waals surface area contributed by atoms with Crippen LogP contribution >= 0.6 is 0 Å². The van der Waals surface area contributed by atoms with Crippen molar-refractivity contribution >= 4 is 50.3 Å². The Balaban J connectivity index is 1.94. The second-order valence-electron chi connectivity index (χ2n) is 10.4. The number of nitrogens with one attached hydrogen (secondary N) is 2. The first-order valence-electron chi connectivity index (χ1n) is 13.5. The normalized spacial score (nSPS) is 13.6. The molecule has 0 aliphatic carbocycles. The smallest absolute Gasteiger partial charge is 0.303 e. The monoisotopic (exact) mass is 508 g/mol. The van der Waals surface area contributed by atoms with Crippen LogP contribution in [0.15, 0.2) is 24.3 Å². The lowest BCUT2D eigenvalue weighted by molar-refractivity contribution is -0.136. The van der Waals surface area contributed by atoms with Gasteiger partial charge in [-0.25, -0.2) is 9.97 Å². The summed E-state index contributed by atoms with van der Waals surface area (Å²) in [6, 6.07) is 8.52. The second-order valence-corrected chi connectivity index (χ2v) is 10.4. The molecule has 0 fully saturated rings. The molecule has 2 aliphatic rings. The average Bonchev–Trinajstić information content (AvgIpc) is 3.52. The van der Waals surface area contributed by atoms with Crippen LogP contribution in [0.2, 0.25) is 0 Å². The van der Waals surface area contributed by atoms with Crippen molar-refractivity contribution in [2.75, 3.05) is 0 Å². The van der Waals surface area contributed by atoms with Gasteiger partial charge in [0.1, 0.15) is 0 Å². The summed E-state index contributed by atoms with van der Waals surface area (Å²) in [6.07, 6.45) is 2.33. The van der Waals surface area contributed by atoms with Crippen molar-refractivity contribution in [1.29, 1.82) is 0 Å². The third kappa shape index (κ3) is 4.28. The van der Waals surface area contributed by atoms with Gasteiger partial charge in [-0.1, -0.05) is 13.8 Å². The van der Waals surface area contributed by atoms with Gasteiger partial charge in [0.15, 0.2) is 0 Å². The van der Waals surface area contributed by atoms with Crippen molar-refractivity contribution in [3.05, 3.63) is 69.3 Å². The topological polar surface area (TPSA) is 94.7 Å². The quantitative estimate of drug-likeness (QED) is 0.328. The van der Waals surface area contributed by atoms with Crippen LogP contribution in [0.3, 0.4) is 0 Å². The van der Waals surface area contributed by atoms with Gasteiger partial charge in [-0.3, -0.25) is 4.79 Å². The van der Waals surface area contributed by atoms with Crippen LogP contribution in [-0.4, -0.2) is 31.0 Å². The van der Waals surface area contributed by atoms with Crippen LogP contribution in [0, 0.1) is 13.8 Å². The van der Waals surface area contributed by atoms with Crippen molar-refractivity contribution in [1.82, 2.24) is 19.9 Å². The lowest BCUT2D eigenvalue weighted by Crippen LogP contribution is -1.95. The molecule has 0 aromatic carbocycles. The van der Waals surface area contributed by atoms with E-state index in [1.165, 1.54) is 22.3 Å². The van der Waals surface area contributed by atoms with Gasteiger partial charge in [-0.2, -0.15) is 0 Å². The van der Waals surface area contributed by atoms with Crippen LogP contribution in [0.5, 0.6) is 0 Å². The lowest BCUT2D eigenvalue weighted by Gasteiger charge is -2.03. The number of nitrogens with zero attached hydrogens (tertiary/aromatic N) is 2. The zero-order valence-corrected chi connectivity index (χ0v) is 23.4. The number of rotatable bonds is 5.